The number of aromatic amines is 1. The number of rotatable bonds is 5. The summed E-state index contributed by atoms with van der Waals surface area (Å²) < 4.78 is 0. The topological polar surface area (TPSA) is 74.0 Å². The van der Waals surface area contributed by atoms with Crippen LogP contribution in [0.3, 0.4) is 0 Å². The average Bonchev–Trinajstić information content (AvgIpc) is 3.02. The van der Waals surface area contributed by atoms with Crippen LogP contribution in [0.1, 0.15) is 17.5 Å². The molecule has 3 N–H and O–H groups in total. The molecule has 3 rings (SSSR count). The second kappa shape index (κ2) is 7.85. The van der Waals surface area contributed by atoms with Gasteiger partial charge in [0.1, 0.15) is 0 Å². The molecule has 0 atom stereocenters. The number of hydrogen-bond donors (Lipinski definition) is 3. The van der Waals surface area contributed by atoms with Crippen molar-refractivity contribution in [1.82, 2.24) is 15.8 Å². The molecule has 1 aromatic heterocycles. The highest BCUT2D eigenvalue weighted by atomic mass is 35.5. The van der Waals surface area contributed by atoms with E-state index in [2.05, 4.69) is 15.8 Å². The summed E-state index contributed by atoms with van der Waals surface area (Å²) in [5.41, 5.74) is 7.67. The van der Waals surface area contributed by atoms with E-state index >= 15 is 0 Å². The third-order valence-electron chi connectivity index (χ3n) is 3.95. The number of aromatic nitrogens is 1. The maximum absolute atomic E-state index is 12.0. The van der Waals surface area contributed by atoms with Crippen LogP contribution >= 0.6 is 11.6 Å². The number of amides is 2. The third-order valence-corrected chi connectivity index (χ3v) is 4.32. The maximum Gasteiger partial charge on any atom is 0.242 e. The lowest BCUT2D eigenvalue weighted by Crippen LogP contribution is -2.42. The molecule has 0 radical (unpaired) electrons. The monoisotopic (exact) mass is 355 g/mol. The van der Waals surface area contributed by atoms with Crippen LogP contribution in [0.25, 0.3) is 10.9 Å². The number of hydrazine groups is 1. The molecule has 2 amide bonds. The molecule has 3 aromatic rings. The lowest BCUT2D eigenvalue weighted by molar-refractivity contribution is -0.128. The minimum absolute atomic E-state index is 0.189. The number of carbonyl (C=O) groups excluding carboxylic acids is 2. The minimum atomic E-state index is -0.268. The molecule has 0 aliphatic heterocycles. The van der Waals surface area contributed by atoms with Gasteiger partial charge in [-0.05, 0) is 29.7 Å². The van der Waals surface area contributed by atoms with Crippen molar-refractivity contribution in [3.05, 3.63) is 70.9 Å². The molecular weight excluding hydrogens is 338 g/mol. The van der Waals surface area contributed by atoms with Gasteiger partial charge in [0.25, 0.3) is 0 Å². The molecule has 5 nitrogen and oxygen atoms in total. The Morgan fingerprint density at radius 3 is 2.48 bits per heavy atom. The predicted octanol–water partition coefficient (Wildman–Crippen LogP) is 3.14. The molecule has 128 valence electrons. The first-order valence-corrected chi connectivity index (χ1v) is 8.37. The number of H-pyrrole nitrogens is 1. The molecule has 0 saturated carbocycles. The fourth-order valence-electron chi connectivity index (χ4n) is 2.65. The molecule has 0 bridgehead atoms. The molecule has 0 fully saturated rings. The van der Waals surface area contributed by atoms with Crippen molar-refractivity contribution in [3.8, 4) is 0 Å². The zero-order valence-corrected chi connectivity index (χ0v) is 14.3. The van der Waals surface area contributed by atoms with E-state index < -0.39 is 0 Å². The number of carbonyl (C=O) groups is 2. The van der Waals surface area contributed by atoms with Crippen LogP contribution in [0.5, 0.6) is 0 Å². The second-order valence-corrected chi connectivity index (χ2v) is 6.13. The van der Waals surface area contributed by atoms with Crippen molar-refractivity contribution in [2.75, 3.05) is 0 Å². The van der Waals surface area contributed by atoms with Crippen molar-refractivity contribution < 1.29 is 9.59 Å². The molecule has 25 heavy (non-hydrogen) atoms. The van der Waals surface area contributed by atoms with Gasteiger partial charge in [-0.15, -0.1) is 0 Å². The summed E-state index contributed by atoms with van der Waals surface area (Å²) >= 11 is 6.06. The largest absolute Gasteiger partial charge is 0.361 e. The van der Waals surface area contributed by atoms with E-state index in [0.717, 1.165) is 22.0 Å². The average molecular weight is 356 g/mol. The van der Waals surface area contributed by atoms with E-state index in [0.29, 0.717) is 11.4 Å². The number of nitrogens with one attached hydrogen (secondary N) is 3. The van der Waals surface area contributed by atoms with Gasteiger partial charge in [0.05, 0.1) is 6.42 Å². The smallest absolute Gasteiger partial charge is 0.242 e. The van der Waals surface area contributed by atoms with Gasteiger partial charge in [0, 0.05) is 28.5 Å². The third kappa shape index (κ3) is 4.39. The Labute approximate surface area is 150 Å². The molecule has 0 aliphatic rings. The van der Waals surface area contributed by atoms with Crippen LogP contribution in [0.15, 0.2) is 54.7 Å². The SMILES string of the molecule is O=C(CCc1ccccc1Cl)NNC(=O)Cc1c[nH]c2ccccc12. The second-order valence-electron chi connectivity index (χ2n) is 5.72. The maximum atomic E-state index is 12.0. The predicted molar refractivity (Wildman–Crippen MR) is 98.1 cm³/mol. The van der Waals surface area contributed by atoms with Gasteiger partial charge in [-0.25, -0.2) is 0 Å². The summed E-state index contributed by atoms with van der Waals surface area (Å²) in [4.78, 5) is 27.0. The van der Waals surface area contributed by atoms with Crippen LogP contribution in [0.2, 0.25) is 5.02 Å². The molecule has 1 heterocycles. The Morgan fingerprint density at radius 2 is 1.64 bits per heavy atom. The normalized spacial score (nSPS) is 10.6. The number of fused-ring (bicyclic) bond motifs is 1. The lowest BCUT2D eigenvalue weighted by Gasteiger charge is -2.08. The zero-order valence-electron chi connectivity index (χ0n) is 13.5. The first kappa shape index (κ1) is 17.0. The minimum Gasteiger partial charge on any atom is -0.361 e. The first-order valence-electron chi connectivity index (χ1n) is 7.99. The van der Waals surface area contributed by atoms with Gasteiger partial charge in [-0.1, -0.05) is 48.0 Å². The van der Waals surface area contributed by atoms with Crippen LogP contribution in [0, 0.1) is 0 Å². The number of hydrogen-bond acceptors (Lipinski definition) is 2. The number of para-hydroxylation sites is 1. The van der Waals surface area contributed by atoms with Gasteiger partial charge < -0.3 is 4.98 Å². The van der Waals surface area contributed by atoms with E-state index in [9.17, 15) is 9.59 Å². The number of benzene rings is 2. The first-order chi connectivity index (χ1) is 12.1. The molecule has 0 saturated heterocycles. The number of aryl methyl sites for hydroxylation is 1. The van der Waals surface area contributed by atoms with E-state index in [1.807, 2.05) is 48.7 Å². The summed E-state index contributed by atoms with van der Waals surface area (Å²) in [6.07, 6.45) is 2.76. The van der Waals surface area contributed by atoms with Crippen LogP contribution in [0.4, 0.5) is 0 Å². The van der Waals surface area contributed by atoms with Gasteiger partial charge in [0.15, 0.2) is 0 Å². The van der Waals surface area contributed by atoms with E-state index in [4.69, 9.17) is 11.6 Å². The number of halogens is 1. The summed E-state index contributed by atoms with van der Waals surface area (Å²) in [5.74, 6) is -0.525. The molecular formula is C19H18ClN3O2. The fraction of sp³-hybridized carbons (Fsp3) is 0.158. The van der Waals surface area contributed by atoms with Gasteiger partial charge in [-0.3, -0.25) is 20.4 Å². The Bertz CT molecular complexity index is 904. The van der Waals surface area contributed by atoms with Crippen LogP contribution < -0.4 is 10.9 Å². The van der Waals surface area contributed by atoms with E-state index in [1.165, 1.54) is 0 Å². The standard InChI is InChI=1S/C19H18ClN3O2/c20-16-7-3-1-5-13(16)9-10-18(24)22-23-19(25)11-14-12-21-17-8-4-2-6-15(14)17/h1-8,12,21H,9-11H2,(H,22,24)(H,23,25). The van der Waals surface area contributed by atoms with Crippen LogP contribution in [-0.4, -0.2) is 16.8 Å². The van der Waals surface area contributed by atoms with E-state index in [-0.39, 0.29) is 24.7 Å². The quantitative estimate of drug-likeness (QED) is 0.615. The van der Waals surface area contributed by atoms with Gasteiger partial charge in [0.2, 0.25) is 11.8 Å². The Kier molecular flexibility index (Phi) is 5.36. The van der Waals surface area contributed by atoms with Crippen molar-refractivity contribution in [1.29, 1.82) is 0 Å². The molecule has 0 spiro atoms. The van der Waals surface area contributed by atoms with E-state index in [1.54, 1.807) is 6.07 Å². The molecule has 0 aliphatic carbocycles. The van der Waals surface area contributed by atoms with Crippen molar-refractivity contribution in [2.45, 2.75) is 19.3 Å². The molecule has 6 heteroatoms. The van der Waals surface area contributed by atoms with Gasteiger partial charge in [-0.2, -0.15) is 0 Å². The van der Waals surface area contributed by atoms with Crippen LogP contribution in [-0.2, 0) is 22.4 Å². The summed E-state index contributed by atoms with van der Waals surface area (Å²) in [5, 5.41) is 1.64. The lowest BCUT2D eigenvalue weighted by atomic mass is 10.1. The summed E-state index contributed by atoms with van der Waals surface area (Å²) in [7, 11) is 0. The van der Waals surface area contributed by atoms with Crippen molar-refractivity contribution in [2.24, 2.45) is 0 Å². The van der Waals surface area contributed by atoms with Crippen molar-refractivity contribution >= 4 is 34.3 Å². The summed E-state index contributed by atoms with van der Waals surface area (Å²) in [6.45, 7) is 0. The highest BCUT2D eigenvalue weighted by Gasteiger charge is 2.10. The van der Waals surface area contributed by atoms with Crippen molar-refractivity contribution in [3.63, 3.8) is 0 Å². The highest BCUT2D eigenvalue weighted by Crippen LogP contribution is 2.18. The highest BCUT2D eigenvalue weighted by molar-refractivity contribution is 6.31. The molecule has 0 unspecified atom stereocenters. The Balaban J connectivity index is 1.47. The Morgan fingerprint density at radius 1 is 0.920 bits per heavy atom. The van der Waals surface area contributed by atoms with Gasteiger partial charge >= 0.3 is 0 Å². The summed E-state index contributed by atoms with van der Waals surface area (Å²) in [6, 6.07) is 15.2. The molecule has 2 aromatic carbocycles. The Hall–Kier alpha value is -2.79. The fourth-order valence-corrected chi connectivity index (χ4v) is 2.88. The zero-order chi connectivity index (χ0) is 17.6.